The van der Waals surface area contributed by atoms with Gasteiger partial charge in [-0.05, 0) is 19.4 Å². The van der Waals surface area contributed by atoms with Gasteiger partial charge in [0.2, 0.25) is 0 Å². The van der Waals surface area contributed by atoms with Gasteiger partial charge in [0, 0.05) is 18.2 Å². The van der Waals surface area contributed by atoms with E-state index in [-0.39, 0.29) is 30.2 Å². The summed E-state index contributed by atoms with van der Waals surface area (Å²) in [4.78, 5) is 25.8. The Labute approximate surface area is 202 Å². The molecule has 2 aromatic heterocycles. The van der Waals surface area contributed by atoms with Crippen molar-refractivity contribution in [1.29, 1.82) is 0 Å². The minimum absolute atomic E-state index is 0.135. The van der Waals surface area contributed by atoms with Crippen molar-refractivity contribution in [3.05, 3.63) is 78.0 Å². The molecule has 0 amide bonds. The zero-order valence-electron chi connectivity index (χ0n) is 19.7. The van der Waals surface area contributed by atoms with Crippen molar-refractivity contribution in [1.82, 2.24) is 20.0 Å². The minimum atomic E-state index is -0.569. The first-order valence-electron chi connectivity index (χ1n) is 11.2. The number of rotatable bonds is 8. The molecule has 9 heteroatoms. The predicted molar refractivity (Wildman–Crippen MR) is 131 cm³/mol. The van der Waals surface area contributed by atoms with Crippen LogP contribution in [-0.2, 0) is 16.5 Å². The lowest BCUT2D eigenvalue weighted by Gasteiger charge is -2.18. The summed E-state index contributed by atoms with van der Waals surface area (Å²) in [5.74, 6) is -0.662. The van der Waals surface area contributed by atoms with Gasteiger partial charge in [0.25, 0.3) is 0 Å². The molecule has 0 spiro atoms. The standard InChI is InChI=1S/C26H25N5O4/c1-4-34-25(32)19-16-27-31(3)24(19)28-23-21(26(33)35-5-2)20(17-12-8-6-9-13-17)22(29-30-23)18-14-10-7-11-15-18/h6-16H,4-5H2,1-3H3,(H,28,30). The zero-order chi connectivity index (χ0) is 24.8. The number of benzene rings is 2. The lowest BCUT2D eigenvalue weighted by Crippen LogP contribution is -2.16. The van der Waals surface area contributed by atoms with E-state index in [1.54, 1.807) is 20.9 Å². The van der Waals surface area contributed by atoms with Crippen molar-refractivity contribution in [3.8, 4) is 22.4 Å². The Kier molecular flexibility index (Phi) is 7.15. The van der Waals surface area contributed by atoms with Crippen LogP contribution in [-0.4, -0.2) is 45.1 Å². The van der Waals surface area contributed by atoms with E-state index in [9.17, 15) is 9.59 Å². The summed E-state index contributed by atoms with van der Waals surface area (Å²) in [5.41, 5.74) is 3.06. The van der Waals surface area contributed by atoms with Gasteiger partial charge in [-0.15, -0.1) is 10.2 Å². The number of carbonyl (C=O) groups excluding carboxylic acids is 2. The highest BCUT2D eigenvalue weighted by atomic mass is 16.5. The quantitative estimate of drug-likeness (QED) is 0.370. The molecule has 0 aliphatic heterocycles. The van der Waals surface area contributed by atoms with Gasteiger partial charge in [0.15, 0.2) is 5.82 Å². The van der Waals surface area contributed by atoms with Crippen molar-refractivity contribution in [3.63, 3.8) is 0 Å². The molecule has 1 N–H and O–H groups in total. The van der Waals surface area contributed by atoms with Crippen LogP contribution in [0.2, 0.25) is 0 Å². The molecule has 0 unspecified atom stereocenters. The van der Waals surface area contributed by atoms with Crippen molar-refractivity contribution >= 4 is 23.6 Å². The fraction of sp³-hybridized carbons (Fsp3) is 0.192. The Morgan fingerprint density at radius 3 is 2.09 bits per heavy atom. The molecule has 0 aliphatic carbocycles. The summed E-state index contributed by atoms with van der Waals surface area (Å²) in [6, 6.07) is 18.9. The van der Waals surface area contributed by atoms with Crippen LogP contribution in [0, 0.1) is 0 Å². The van der Waals surface area contributed by atoms with Crippen LogP contribution >= 0.6 is 0 Å². The van der Waals surface area contributed by atoms with E-state index in [2.05, 4.69) is 20.6 Å². The van der Waals surface area contributed by atoms with E-state index < -0.39 is 11.9 Å². The highest BCUT2D eigenvalue weighted by Gasteiger charge is 2.27. The summed E-state index contributed by atoms with van der Waals surface area (Å²) >= 11 is 0. The SMILES string of the molecule is CCOC(=O)c1cnn(C)c1Nc1nnc(-c2ccccc2)c(-c2ccccc2)c1C(=O)OCC. The van der Waals surface area contributed by atoms with Gasteiger partial charge >= 0.3 is 11.9 Å². The molecule has 0 saturated carbocycles. The Morgan fingerprint density at radius 1 is 0.857 bits per heavy atom. The normalized spacial score (nSPS) is 10.6. The molecule has 2 heterocycles. The fourth-order valence-corrected chi connectivity index (χ4v) is 3.67. The number of nitrogens with one attached hydrogen (secondary N) is 1. The van der Waals surface area contributed by atoms with Gasteiger partial charge in [0.05, 0.1) is 19.4 Å². The van der Waals surface area contributed by atoms with E-state index in [1.807, 2.05) is 60.7 Å². The van der Waals surface area contributed by atoms with Crippen LogP contribution in [0.15, 0.2) is 66.9 Å². The lowest BCUT2D eigenvalue weighted by atomic mass is 9.95. The maximum atomic E-state index is 13.3. The van der Waals surface area contributed by atoms with Crippen LogP contribution in [0.4, 0.5) is 11.6 Å². The Balaban J connectivity index is 1.95. The molecule has 178 valence electrons. The van der Waals surface area contributed by atoms with Gasteiger partial charge < -0.3 is 14.8 Å². The molecule has 2 aromatic carbocycles. The number of ether oxygens (including phenoxy) is 2. The molecule has 0 bridgehead atoms. The lowest BCUT2D eigenvalue weighted by molar-refractivity contribution is 0.0519. The van der Waals surface area contributed by atoms with Crippen LogP contribution < -0.4 is 5.32 Å². The van der Waals surface area contributed by atoms with Crippen molar-refractivity contribution < 1.29 is 19.1 Å². The van der Waals surface area contributed by atoms with Gasteiger partial charge in [-0.3, -0.25) is 4.68 Å². The minimum Gasteiger partial charge on any atom is -0.462 e. The van der Waals surface area contributed by atoms with E-state index in [4.69, 9.17) is 9.47 Å². The van der Waals surface area contributed by atoms with E-state index >= 15 is 0 Å². The molecular weight excluding hydrogens is 446 g/mol. The van der Waals surface area contributed by atoms with Crippen LogP contribution in [0.3, 0.4) is 0 Å². The van der Waals surface area contributed by atoms with Crippen LogP contribution in [0.5, 0.6) is 0 Å². The third kappa shape index (κ3) is 4.89. The molecule has 0 radical (unpaired) electrons. The number of hydrogen-bond donors (Lipinski definition) is 1. The smallest absolute Gasteiger partial charge is 0.343 e. The van der Waals surface area contributed by atoms with Crippen LogP contribution in [0.1, 0.15) is 34.6 Å². The first-order chi connectivity index (χ1) is 17.0. The second-order valence-electron chi connectivity index (χ2n) is 7.48. The number of anilines is 2. The molecule has 9 nitrogen and oxygen atoms in total. The summed E-state index contributed by atoms with van der Waals surface area (Å²) in [6.07, 6.45) is 1.40. The second kappa shape index (κ2) is 10.6. The van der Waals surface area contributed by atoms with Crippen molar-refractivity contribution in [2.45, 2.75) is 13.8 Å². The zero-order valence-corrected chi connectivity index (χ0v) is 19.7. The van der Waals surface area contributed by atoms with Crippen LogP contribution in [0.25, 0.3) is 22.4 Å². The number of aryl methyl sites for hydroxylation is 1. The Bertz CT molecular complexity index is 1340. The van der Waals surface area contributed by atoms with E-state index in [0.717, 1.165) is 11.1 Å². The Hall–Kier alpha value is -4.53. The average Bonchev–Trinajstić information content (AvgIpc) is 3.25. The van der Waals surface area contributed by atoms with Gasteiger partial charge in [-0.25, -0.2) is 9.59 Å². The molecule has 0 aliphatic rings. The molecular formula is C26H25N5O4. The molecule has 0 atom stereocenters. The number of aromatic nitrogens is 4. The maximum absolute atomic E-state index is 13.3. The van der Waals surface area contributed by atoms with Gasteiger partial charge in [-0.2, -0.15) is 5.10 Å². The number of nitrogens with zero attached hydrogens (tertiary/aromatic N) is 4. The molecule has 0 fully saturated rings. The summed E-state index contributed by atoms with van der Waals surface area (Å²) in [7, 11) is 1.67. The largest absolute Gasteiger partial charge is 0.462 e. The fourth-order valence-electron chi connectivity index (χ4n) is 3.67. The number of hydrogen-bond acceptors (Lipinski definition) is 8. The van der Waals surface area contributed by atoms with Gasteiger partial charge in [0.1, 0.15) is 22.6 Å². The topological polar surface area (TPSA) is 108 Å². The Morgan fingerprint density at radius 2 is 1.46 bits per heavy atom. The maximum Gasteiger partial charge on any atom is 0.343 e. The van der Waals surface area contributed by atoms with E-state index in [0.29, 0.717) is 17.1 Å². The summed E-state index contributed by atoms with van der Waals surface area (Å²) in [5, 5.41) is 16.1. The third-order valence-electron chi connectivity index (χ3n) is 5.23. The summed E-state index contributed by atoms with van der Waals surface area (Å²) < 4.78 is 12.0. The highest BCUT2D eigenvalue weighted by molar-refractivity contribution is 6.06. The number of carbonyl (C=O) groups is 2. The van der Waals surface area contributed by atoms with E-state index in [1.165, 1.54) is 10.9 Å². The summed E-state index contributed by atoms with van der Waals surface area (Å²) in [6.45, 7) is 3.85. The highest BCUT2D eigenvalue weighted by Crippen LogP contribution is 2.37. The third-order valence-corrected chi connectivity index (χ3v) is 5.23. The van der Waals surface area contributed by atoms with Crippen molar-refractivity contribution in [2.24, 2.45) is 7.05 Å². The second-order valence-corrected chi connectivity index (χ2v) is 7.48. The molecule has 0 saturated heterocycles. The van der Waals surface area contributed by atoms with Gasteiger partial charge in [-0.1, -0.05) is 60.7 Å². The molecule has 4 aromatic rings. The molecule has 35 heavy (non-hydrogen) atoms. The molecule has 4 rings (SSSR count). The monoisotopic (exact) mass is 471 g/mol. The van der Waals surface area contributed by atoms with Crippen molar-refractivity contribution in [2.75, 3.05) is 18.5 Å². The first kappa shape index (κ1) is 23.6. The number of esters is 2. The average molecular weight is 472 g/mol. The first-order valence-corrected chi connectivity index (χ1v) is 11.2. The predicted octanol–water partition coefficient (Wildman–Crippen LogP) is 4.64.